The van der Waals surface area contributed by atoms with Gasteiger partial charge < -0.3 is 19.4 Å². The Labute approximate surface area is 179 Å². The predicted molar refractivity (Wildman–Crippen MR) is 116 cm³/mol. The van der Waals surface area contributed by atoms with E-state index in [0.29, 0.717) is 27.9 Å². The number of rotatable bonds is 6. The number of halogens is 1. The van der Waals surface area contributed by atoms with Crippen molar-refractivity contribution in [2.24, 2.45) is 0 Å². The fourth-order valence-electron chi connectivity index (χ4n) is 2.67. The van der Waals surface area contributed by atoms with Gasteiger partial charge in [0, 0.05) is 36.3 Å². The van der Waals surface area contributed by atoms with Gasteiger partial charge in [-0.05, 0) is 60.7 Å². The second-order valence-corrected chi connectivity index (χ2v) is 7.09. The van der Waals surface area contributed by atoms with Crippen LogP contribution in [0.15, 0.2) is 70.8 Å². The number of nitrogens with zero attached hydrogens (tertiary/aromatic N) is 1. The van der Waals surface area contributed by atoms with Gasteiger partial charge in [-0.1, -0.05) is 11.6 Å². The first-order chi connectivity index (χ1) is 14.4. The molecule has 1 N–H and O–H groups in total. The molecule has 7 heteroatoms. The molecular weight excluding hydrogens is 404 g/mol. The van der Waals surface area contributed by atoms with E-state index < -0.39 is 5.91 Å². The molecule has 0 aliphatic carbocycles. The number of benzene rings is 2. The smallest absolute Gasteiger partial charge is 0.269 e. The molecule has 1 aromatic heterocycles. The van der Waals surface area contributed by atoms with Gasteiger partial charge in [0.15, 0.2) is 0 Å². The lowest BCUT2D eigenvalue weighted by molar-refractivity contribution is -0.124. The third-order valence-corrected chi connectivity index (χ3v) is 4.53. The Morgan fingerprint density at radius 1 is 1.00 bits per heavy atom. The second kappa shape index (κ2) is 9.33. The zero-order valence-electron chi connectivity index (χ0n) is 16.8. The van der Waals surface area contributed by atoms with E-state index in [0.717, 1.165) is 5.56 Å². The topological polar surface area (TPSA) is 71.8 Å². The van der Waals surface area contributed by atoms with Crippen molar-refractivity contribution >= 4 is 29.5 Å². The molecule has 3 aromatic rings. The standard InChI is InChI=1S/C23H21ClN2O4/c1-26(2)23(28)20(25-22(27)16-6-10-18(29-3)11-7-16)14-19-12-13-21(30-19)15-4-8-17(24)9-5-15/h4-14H,1-3H3,(H,25,27)/b20-14+. The van der Waals surface area contributed by atoms with E-state index in [-0.39, 0.29) is 11.6 Å². The Bertz CT molecular complexity index is 1070. The highest BCUT2D eigenvalue weighted by molar-refractivity contribution is 6.30. The van der Waals surface area contributed by atoms with Crippen molar-refractivity contribution in [1.82, 2.24) is 10.2 Å². The van der Waals surface area contributed by atoms with E-state index in [1.807, 2.05) is 12.1 Å². The number of hydrogen-bond acceptors (Lipinski definition) is 4. The average Bonchev–Trinajstić information content (AvgIpc) is 3.21. The van der Waals surface area contributed by atoms with Gasteiger partial charge in [0.05, 0.1) is 7.11 Å². The number of methoxy groups -OCH3 is 1. The summed E-state index contributed by atoms with van der Waals surface area (Å²) in [4.78, 5) is 26.6. The van der Waals surface area contributed by atoms with Gasteiger partial charge >= 0.3 is 0 Å². The second-order valence-electron chi connectivity index (χ2n) is 6.65. The molecule has 3 rings (SSSR count). The monoisotopic (exact) mass is 424 g/mol. The number of carbonyl (C=O) groups is 2. The fraction of sp³-hybridized carbons (Fsp3) is 0.130. The Balaban J connectivity index is 1.86. The summed E-state index contributed by atoms with van der Waals surface area (Å²) in [6, 6.07) is 17.3. The van der Waals surface area contributed by atoms with E-state index in [2.05, 4.69) is 5.32 Å². The van der Waals surface area contributed by atoms with E-state index in [1.165, 1.54) is 11.0 Å². The zero-order valence-corrected chi connectivity index (χ0v) is 17.6. The van der Waals surface area contributed by atoms with Crippen molar-refractivity contribution in [1.29, 1.82) is 0 Å². The summed E-state index contributed by atoms with van der Waals surface area (Å²) < 4.78 is 10.9. The molecule has 0 saturated carbocycles. The molecule has 6 nitrogen and oxygen atoms in total. The van der Waals surface area contributed by atoms with Gasteiger partial charge in [0.1, 0.15) is 23.0 Å². The fourth-order valence-corrected chi connectivity index (χ4v) is 2.80. The van der Waals surface area contributed by atoms with Crippen LogP contribution in [-0.2, 0) is 4.79 Å². The van der Waals surface area contributed by atoms with E-state index in [4.69, 9.17) is 20.8 Å². The van der Waals surface area contributed by atoms with Crippen LogP contribution in [-0.4, -0.2) is 37.9 Å². The van der Waals surface area contributed by atoms with Gasteiger partial charge in [-0.15, -0.1) is 0 Å². The molecule has 0 saturated heterocycles. The highest BCUT2D eigenvalue weighted by atomic mass is 35.5. The predicted octanol–water partition coefficient (Wildman–Crippen LogP) is 4.47. The first-order valence-corrected chi connectivity index (χ1v) is 9.49. The van der Waals surface area contributed by atoms with Crippen molar-refractivity contribution in [3.63, 3.8) is 0 Å². The summed E-state index contributed by atoms with van der Waals surface area (Å²) in [6.45, 7) is 0. The normalized spacial score (nSPS) is 11.1. The maximum atomic E-state index is 12.6. The van der Waals surface area contributed by atoms with Crippen LogP contribution in [0.3, 0.4) is 0 Å². The van der Waals surface area contributed by atoms with Crippen molar-refractivity contribution < 1.29 is 18.7 Å². The molecule has 30 heavy (non-hydrogen) atoms. The third kappa shape index (κ3) is 5.10. The van der Waals surface area contributed by atoms with Crippen LogP contribution in [0.2, 0.25) is 5.02 Å². The van der Waals surface area contributed by atoms with Crippen LogP contribution >= 0.6 is 11.6 Å². The molecule has 0 bridgehead atoms. The summed E-state index contributed by atoms with van der Waals surface area (Å²) in [7, 11) is 4.77. The lowest BCUT2D eigenvalue weighted by Crippen LogP contribution is -2.34. The highest BCUT2D eigenvalue weighted by Gasteiger charge is 2.17. The lowest BCUT2D eigenvalue weighted by atomic mass is 10.2. The molecule has 0 radical (unpaired) electrons. The summed E-state index contributed by atoms with van der Waals surface area (Å²) in [6.07, 6.45) is 1.50. The zero-order chi connectivity index (χ0) is 21.7. The number of likely N-dealkylation sites (N-methyl/N-ethyl adjacent to an activating group) is 1. The Kier molecular flexibility index (Phi) is 6.59. The number of nitrogens with one attached hydrogen (secondary N) is 1. The van der Waals surface area contributed by atoms with E-state index >= 15 is 0 Å². The molecule has 0 spiro atoms. The van der Waals surface area contributed by atoms with Gasteiger partial charge in [-0.25, -0.2) is 0 Å². The summed E-state index contributed by atoms with van der Waals surface area (Å²) in [5.41, 5.74) is 1.34. The third-order valence-electron chi connectivity index (χ3n) is 4.28. The molecule has 2 aromatic carbocycles. The average molecular weight is 425 g/mol. The molecule has 0 fully saturated rings. The van der Waals surface area contributed by atoms with Crippen molar-refractivity contribution in [3.05, 3.63) is 82.7 Å². The van der Waals surface area contributed by atoms with Crippen LogP contribution in [0.4, 0.5) is 0 Å². The quantitative estimate of drug-likeness (QED) is 0.593. The summed E-state index contributed by atoms with van der Waals surface area (Å²) >= 11 is 5.92. The minimum atomic E-state index is -0.413. The number of amides is 2. The molecule has 0 unspecified atom stereocenters. The molecule has 154 valence electrons. The molecular formula is C23H21ClN2O4. The summed E-state index contributed by atoms with van der Waals surface area (Å²) in [5, 5.41) is 3.30. The molecule has 1 heterocycles. The number of ether oxygens (including phenoxy) is 1. The molecule has 0 atom stereocenters. The Hall–Kier alpha value is -3.51. The number of hydrogen-bond donors (Lipinski definition) is 1. The Morgan fingerprint density at radius 3 is 2.27 bits per heavy atom. The van der Waals surface area contributed by atoms with Gasteiger partial charge in [0.2, 0.25) is 0 Å². The van der Waals surface area contributed by atoms with Crippen molar-refractivity contribution in [2.75, 3.05) is 21.2 Å². The number of furan rings is 1. The first kappa shape index (κ1) is 21.2. The van der Waals surface area contributed by atoms with Crippen LogP contribution in [0.1, 0.15) is 16.1 Å². The van der Waals surface area contributed by atoms with Crippen LogP contribution in [0, 0.1) is 0 Å². The van der Waals surface area contributed by atoms with Crippen LogP contribution < -0.4 is 10.1 Å². The molecule has 0 aliphatic rings. The van der Waals surface area contributed by atoms with Crippen molar-refractivity contribution in [3.8, 4) is 17.1 Å². The van der Waals surface area contributed by atoms with E-state index in [1.54, 1.807) is 69.7 Å². The minimum absolute atomic E-state index is 0.0952. The largest absolute Gasteiger partial charge is 0.497 e. The minimum Gasteiger partial charge on any atom is -0.497 e. The SMILES string of the molecule is COc1ccc(C(=O)N/C(=C/c2ccc(-c3ccc(Cl)cc3)o2)C(=O)N(C)C)cc1. The van der Waals surface area contributed by atoms with E-state index in [9.17, 15) is 9.59 Å². The highest BCUT2D eigenvalue weighted by Crippen LogP contribution is 2.25. The Morgan fingerprint density at radius 2 is 1.67 bits per heavy atom. The summed E-state index contributed by atoms with van der Waals surface area (Å²) in [5.74, 6) is 0.915. The number of carbonyl (C=O) groups excluding carboxylic acids is 2. The lowest BCUT2D eigenvalue weighted by Gasteiger charge is -2.14. The maximum absolute atomic E-state index is 12.6. The molecule has 0 aliphatic heterocycles. The first-order valence-electron chi connectivity index (χ1n) is 9.12. The van der Waals surface area contributed by atoms with Gasteiger partial charge in [0.25, 0.3) is 11.8 Å². The molecule has 2 amide bonds. The van der Waals surface area contributed by atoms with Gasteiger partial charge in [-0.3, -0.25) is 9.59 Å². The van der Waals surface area contributed by atoms with Crippen LogP contribution in [0.5, 0.6) is 5.75 Å². The van der Waals surface area contributed by atoms with Crippen LogP contribution in [0.25, 0.3) is 17.4 Å². The van der Waals surface area contributed by atoms with Crippen molar-refractivity contribution in [2.45, 2.75) is 0 Å². The van der Waals surface area contributed by atoms with Gasteiger partial charge in [-0.2, -0.15) is 0 Å². The maximum Gasteiger partial charge on any atom is 0.269 e.